The number of nitrogens with one attached hydrogen (secondary N) is 1. The molecule has 10 heteroatoms. The van der Waals surface area contributed by atoms with E-state index >= 15 is 0 Å². The number of hydrogen-bond acceptors (Lipinski definition) is 5. The summed E-state index contributed by atoms with van der Waals surface area (Å²) in [5, 5.41) is 2.90. The summed E-state index contributed by atoms with van der Waals surface area (Å²) in [4.78, 5) is 28.3. The largest absolute Gasteiger partial charge is 0.497 e. The average Bonchev–Trinajstić information content (AvgIpc) is 2.82. The van der Waals surface area contributed by atoms with Gasteiger partial charge in [-0.3, -0.25) is 4.79 Å². The van der Waals surface area contributed by atoms with Crippen LogP contribution in [0, 0.1) is 5.41 Å². The van der Waals surface area contributed by atoms with Crippen LogP contribution >= 0.6 is 0 Å². The molecule has 2 heterocycles. The zero-order chi connectivity index (χ0) is 21.2. The van der Waals surface area contributed by atoms with Gasteiger partial charge in [0.1, 0.15) is 5.75 Å². The summed E-state index contributed by atoms with van der Waals surface area (Å²) in [6.07, 6.45) is 1.40. The minimum atomic E-state index is -3.43. The summed E-state index contributed by atoms with van der Waals surface area (Å²) >= 11 is 0. The van der Waals surface area contributed by atoms with Gasteiger partial charge in [0.15, 0.2) is 0 Å². The predicted octanol–water partition coefficient (Wildman–Crippen LogP) is 0.331. The molecule has 0 saturated carbocycles. The minimum Gasteiger partial charge on any atom is -0.497 e. The van der Waals surface area contributed by atoms with Crippen molar-refractivity contribution in [2.24, 2.45) is 5.41 Å². The van der Waals surface area contributed by atoms with Crippen LogP contribution in [0.25, 0.3) is 0 Å². The summed E-state index contributed by atoms with van der Waals surface area (Å²) in [5.74, 6) is 0.680. The number of nitrogens with zero attached hydrogens (tertiary/aromatic N) is 3. The quantitative estimate of drug-likeness (QED) is 0.751. The van der Waals surface area contributed by atoms with E-state index in [0.717, 1.165) is 5.56 Å². The van der Waals surface area contributed by atoms with Crippen LogP contribution < -0.4 is 10.1 Å². The smallest absolute Gasteiger partial charge is 0.317 e. The Balaban J connectivity index is 1.74. The van der Waals surface area contributed by atoms with Crippen molar-refractivity contribution in [2.75, 3.05) is 53.1 Å². The van der Waals surface area contributed by atoms with E-state index in [-0.39, 0.29) is 38.0 Å². The third-order valence-corrected chi connectivity index (χ3v) is 6.77. The van der Waals surface area contributed by atoms with Crippen molar-refractivity contribution < 1.29 is 22.7 Å². The Hall–Kier alpha value is -2.33. The summed E-state index contributed by atoms with van der Waals surface area (Å²) in [7, 11) is -0.135. The molecular formula is C19H28N4O5S. The van der Waals surface area contributed by atoms with E-state index in [2.05, 4.69) is 5.32 Å². The molecule has 2 fully saturated rings. The summed E-state index contributed by atoms with van der Waals surface area (Å²) in [6.45, 7) is 1.81. The normalized spacial score (nSPS) is 23.3. The summed E-state index contributed by atoms with van der Waals surface area (Å²) in [5.41, 5.74) is 0.300. The molecule has 1 N–H and O–H groups in total. The number of benzene rings is 1. The van der Waals surface area contributed by atoms with Gasteiger partial charge in [-0.05, 0) is 17.7 Å². The molecule has 1 unspecified atom stereocenters. The van der Waals surface area contributed by atoms with E-state index in [0.29, 0.717) is 25.4 Å². The van der Waals surface area contributed by atoms with Crippen molar-refractivity contribution in [3.63, 3.8) is 0 Å². The number of carbonyl (C=O) groups excluding carboxylic acids is 2. The molecule has 1 aromatic rings. The lowest BCUT2D eigenvalue weighted by molar-refractivity contribution is -0.126. The van der Waals surface area contributed by atoms with Crippen LogP contribution in [0.1, 0.15) is 12.0 Å². The topological polar surface area (TPSA) is 99.3 Å². The maximum absolute atomic E-state index is 12.9. The first-order chi connectivity index (χ1) is 13.6. The van der Waals surface area contributed by atoms with Gasteiger partial charge in [-0.1, -0.05) is 12.1 Å². The molecule has 3 amide bonds. The molecule has 1 atom stereocenters. The number of amides is 3. The van der Waals surface area contributed by atoms with Crippen LogP contribution in [0.3, 0.4) is 0 Å². The second kappa shape index (κ2) is 8.19. The Labute approximate surface area is 171 Å². The molecule has 160 valence electrons. The molecule has 0 aromatic heterocycles. The van der Waals surface area contributed by atoms with Gasteiger partial charge < -0.3 is 19.9 Å². The van der Waals surface area contributed by atoms with Crippen molar-refractivity contribution in [1.82, 2.24) is 19.4 Å². The highest BCUT2D eigenvalue weighted by Crippen LogP contribution is 2.35. The van der Waals surface area contributed by atoms with Crippen LogP contribution in [0.15, 0.2) is 24.3 Å². The van der Waals surface area contributed by atoms with Gasteiger partial charge in [0.25, 0.3) is 0 Å². The molecule has 0 radical (unpaired) electrons. The number of sulfonamides is 1. The molecule has 0 aliphatic carbocycles. The molecule has 2 aliphatic rings. The molecule has 0 bridgehead atoms. The Kier molecular flexibility index (Phi) is 6.04. The lowest BCUT2D eigenvalue weighted by Gasteiger charge is -2.32. The highest BCUT2D eigenvalue weighted by molar-refractivity contribution is 7.88. The van der Waals surface area contributed by atoms with Gasteiger partial charge in [-0.2, -0.15) is 4.31 Å². The van der Waals surface area contributed by atoms with Gasteiger partial charge in [0.05, 0.1) is 13.4 Å². The monoisotopic (exact) mass is 424 g/mol. The fourth-order valence-electron chi connectivity index (χ4n) is 4.06. The van der Waals surface area contributed by atoms with Gasteiger partial charge in [-0.15, -0.1) is 0 Å². The second-order valence-electron chi connectivity index (χ2n) is 7.95. The SMILES string of the molecule is COc1cccc(CNC(=O)N2CCN(S(C)(=O)=O)CC3(CC(=O)N(C)C3)C2)c1. The third-order valence-electron chi connectivity index (χ3n) is 5.52. The fraction of sp³-hybridized carbons (Fsp3) is 0.579. The number of rotatable bonds is 4. The molecule has 2 saturated heterocycles. The number of likely N-dealkylation sites (tertiary alicyclic amines) is 1. The molecular weight excluding hydrogens is 396 g/mol. The van der Waals surface area contributed by atoms with Crippen LogP contribution in [-0.4, -0.2) is 87.6 Å². The zero-order valence-corrected chi connectivity index (χ0v) is 17.9. The van der Waals surface area contributed by atoms with Crippen LogP contribution in [0.4, 0.5) is 4.79 Å². The molecule has 29 heavy (non-hydrogen) atoms. The van der Waals surface area contributed by atoms with Crippen molar-refractivity contribution in [1.29, 1.82) is 0 Å². The number of methoxy groups -OCH3 is 1. The lowest BCUT2D eigenvalue weighted by atomic mass is 9.86. The number of ether oxygens (including phenoxy) is 1. The molecule has 1 aromatic carbocycles. The van der Waals surface area contributed by atoms with E-state index in [1.807, 2.05) is 24.3 Å². The number of carbonyl (C=O) groups is 2. The molecule has 2 aliphatic heterocycles. The maximum Gasteiger partial charge on any atom is 0.317 e. The third kappa shape index (κ3) is 4.99. The van der Waals surface area contributed by atoms with Gasteiger partial charge in [0, 0.05) is 58.2 Å². The number of urea groups is 1. The van der Waals surface area contributed by atoms with E-state index in [9.17, 15) is 18.0 Å². The van der Waals surface area contributed by atoms with Crippen LogP contribution in [0.2, 0.25) is 0 Å². The van der Waals surface area contributed by atoms with E-state index in [1.54, 1.807) is 24.0 Å². The van der Waals surface area contributed by atoms with Crippen molar-refractivity contribution >= 4 is 22.0 Å². The first kappa shape index (κ1) is 21.4. The molecule has 3 rings (SSSR count). The van der Waals surface area contributed by atoms with Gasteiger partial charge in [0.2, 0.25) is 15.9 Å². The predicted molar refractivity (Wildman–Crippen MR) is 108 cm³/mol. The molecule has 9 nitrogen and oxygen atoms in total. The van der Waals surface area contributed by atoms with E-state index in [4.69, 9.17) is 4.74 Å². The maximum atomic E-state index is 12.9. The Morgan fingerprint density at radius 2 is 2.00 bits per heavy atom. The number of hydrogen-bond donors (Lipinski definition) is 1. The van der Waals surface area contributed by atoms with Crippen molar-refractivity contribution in [3.8, 4) is 5.75 Å². The summed E-state index contributed by atoms with van der Waals surface area (Å²) in [6, 6.07) is 7.15. The first-order valence-corrected chi connectivity index (χ1v) is 11.3. The summed E-state index contributed by atoms with van der Waals surface area (Å²) < 4.78 is 31.0. The standard InChI is InChI=1S/C19H28N4O5S/c1-21-12-19(10-17(21)24)13-22(7-8-23(14-19)29(3,26)27)18(25)20-11-15-5-4-6-16(9-15)28-2/h4-6,9H,7-8,10-14H2,1-3H3,(H,20,25). The Morgan fingerprint density at radius 1 is 1.24 bits per heavy atom. The molecule has 1 spiro atoms. The zero-order valence-electron chi connectivity index (χ0n) is 17.1. The van der Waals surface area contributed by atoms with E-state index < -0.39 is 15.4 Å². The van der Waals surface area contributed by atoms with Crippen LogP contribution in [-0.2, 0) is 21.4 Å². The fourth-order valence-corrected chi connectivity index (χ4v) is 4.98. The average molecular weight is 425 g/mol. The highest BCUT2D eigenvalue weighted by atomic mass is 32.2. The lowest BCUT2D eigenvalue weighted by Crippen LogP contribution is -2.47. The van der Waals surface area contributed by atoms with E-state index in [1.165, 1.54) is 10.6 Å². The Morgan fingerprint density at radius 3 is 2.62 bits per heavy atom. The van der Waals surface area contributed by atoms with Crippen LogP contribution in [0.5, 0.6) is 5.75 Å². The highest BCUT2D eigenvalue weighted by Gasteiger charge is 2.47. The van der Waals surface area contributed by atoms with Gasteiger partial charge >= 0.3 is 6.03 Å². The second-order valence-corrected chi connectivity index (χ2v) is 9.94. The Bertz CT molecular complexity index is 890. The minimum absolute atomic E-state index is 0.0305. The van der Waals surface area contributed by atoms with Crippen molar-refractivity contribution in [3.05, 3.63) is 29.8 Å². The van der Waals surface area contributed by atoms with Crippen molar-refractivity contribution in [2.45, 2.75) is 13.0 Å². The van der Waals surface area contributed by atoms with Gasteiger partial charge in [-0.25, -0.2) is 13.2 Å². The first-order valence-electron chi connectivity index (χ1n) is 9.47.